The molecule has 100 valence electrons. The lowest BCUT2D eigenvalue weighted by Gasteiger charge is -2.25. The summed E-state index contributed by atoms with van der Waals surface area (Å²) in [7, 11) is -1.44. The lowest BCUT2D eigenvalue weighted by atomic mass is 10.1. The number of piperidine rings is 1. The first-order valence-electron chi connectivity index (χ1n) is 6.36. The van der Waals surface area contributed by atoms with Gasteiger partial charge >= 0.3 is 11.9 Å². The summed E-state index contributed by atoms with van der Waals surface area (Å²) >= 11 is 0. The number of hydrogen-bond acceptors (Lipinski definition) is 3. The Morgan fingerprint density at radius 3 is 2.33 bits per heavy atom. The van der Waals surface area contributed by atoms with Gasteiger partial charge in [0.05, 0.1) is 0 Å². The number of nitrogens with zero attached hydrogens (tertiary/aromatic N) is 1. The molecule has 4 nitrogen and oxygen atoms in total. The first-order chi connectivity index (χ1) is 8.40. The largest absolute Gasteiger partial charge is 0.445 e. The number of carbonyl (C=O) groups excluding carboxylic acids is 2. The minimum Gasteiger partial charge on any atom is -0.445 e. The van der Waals surface area contributed by atoms with Crippen LogP contribution in [0, 0.1) is 11.5 Å². The van der Waals surface area contributed by atoms with Crippen molar-refractivity contribution >= 4 is 20.0 Å². The Morgan fingerprint density at radius 2 is 1.78 bits per heavy atom. The van der Waals surface area contributed by atoms with Crippen molar-refractivity contribution < 1.29 is 14.3 Å². The first kappa shape index (κ1) is 14.8. The number of likely N-dealkylation sites (tertiary alicyclic amines) is 1. The second-order valence-corrected chi connectivity index (χ2v) is 10.2. The van der Waals surface area contributed by atoms with Crippen LogP contribution < -0.4 is 0 Å². The molecule has 5 heteroatoms. The third kappa shape index (κ3) is 5.37. The average Bonchev–Trinajstić information content (AvgIpc) is 2.33. The Morgan fingerprint density at radius 1 is 1.17 bits per heavy atom. The van der Waals surface area contributed by atoms with Crippen molar-refractivity contribution in [2.45, 2.75) is 38.9 Å². The summed E-state index contributed by atoms with van der Waals surface area (Å²) in [5.74, 6) is 1.51. The van der Waals surface area contributed by atoms with Crippen molar-refractivity contribution in [1.29, 1.82) is 0 Å². The van der Waals surface area contributed by atoms with Crippen molar-refractivity contribution in [2.75, 3.05) is 19.7 Å². The molecule has 1 heterocycles. The van der Waals surface area contributed by atoms with Crippen LogP contribution in [0.25, 0.3) is 0 Å². The highest BCUT2D eigenvalue weighted by Gasteiger charge is 2.24. The lowest BCUT2D eigenvalue weighted by molar-refractivity contribution is -0.159. The zero-order valence-corrected chi connectivity index (χ0v) is 12.4. The smallest absolute Gasteiger partial charge is 0.397 e. The number of esters is 1. The molecule has 0 N–H and O–H groups in total. The maximum absolute atomic E-state index is 11.7. The van der Waals surface area contributed by atoms with Gasteiger partial charge in [-0.15, -0.1) is 5.54 Å². The van der Waals surface area contributed by atoms with E-state index in [4.69, 9.17) is 4.74 Å². The second kappa shape index (κ2) is 6.60. The van der Waals surface area contributed by atoms with Crippen molar-refractivity contribution in [2.24, 2.45) is 0 Å². The highest BCUT2D eigenvalue weighted by atomic mass is 28.3. The van der Waals surface area contributed by atoms with Crippen molar-refractivity contribution in [3.05, 3.63) is 0 Å². The van der Waals surface area contributed by atoms with Crippen LogP contribution in [0.3, 0.4) is 0 Å². The molecule has 0 aromatic heterocycles. The van der Waals surface area contributed by atoms with Gasteiger partial charge in [-0.3, -0.25) is 4.79 Å². The molecule has 0 bridgehead atoms. The van der Waals surface area contributed by atoms with Crippen LogP contribution in [0.4, 0.5) is 0 Å². The maximum atomic E-state index is 11.7. The molecule has 0 unspecified atom stereocenters. The minimum absolute atomic E-state index is 0.0166. The van der Waals surface area contributed by atoms with Crippen molar-refractivity contribution in [3.8, 4) is 11.5 Å². The predicted molar refractivity (Wildman–Crippen MR) is 72.5 cm³/mol. The van der Waals surface area contributed by atoms with Crippen LogP contribution in [0.15, 0.2) is 0 Å². The van der Waals surface area contributed by atoms with E-state index in [2.05, 4.69) is 31.1 Å². The molecule has 0 aliphatic carbocycles. The van der Waals surface area contributed by atoms with Gasteiger partial charge in [-0.05, 0) is 19.3 Å². The van der Waals surface area contributed by atoms with E-state index in [0.29, 0.717) is 13.1 Å². The Bertz CT molecular complexity index is 370. The number of amides is 1. The molecule has 0 radical (unpaired) electrons. The third-order valence-electron chi connectivity index (χ3n) is 2.56. The fourth-order valence-electron chi connectivity index (χ4n) is 1.69. The normalized spacial score (nSPS) is 15.6. The van der Waals surface area contributed by atoms with E-state index in [9.17, 15) is 9.59 Å². The molecular formula is C13H21NO3Si. The molecule has 0 spiro atoms. The fourth-order valence-corrected chi connectivity index (χ4v) is 2.29. The Kier molecular flexibility index (Phi) is 5.42. The van der Waals surface area contributed by atoms with Crippen LogP contribution in [0.5, 0.6) is 0 Å². The molecule has 1 saturated heterocycles. The number of rotatable bonds is 1. The number of carbonyl (C=O) groups is 2. The van der Waals surface area contributed by atoms with E-state index in [1.54, 1.807) is 4.90 Å². The Labute approximate surface area is 110 Å². The van der Waals surface area contributed by atoms with Gasteiger partial charge < -0.3 is 9.64 Å². The van der Waals surface area contributed by atoms with E-state index in [1.807, 2.05) is 0 Å². The van der Waals surface area contributed by atoms with Gasteiger partial charge in [-0.25, -0.2) is 4.79 Å². The molecular weight excluding hydrogens is 246 g/mol. The SMILES string of the molecule is C[Si](C)(C)C#CCOC(=O)C(=O)N1CCCCC1. The topological polar surface area (TPSA) is 46.6 Å². The zero-order chi connectivity index (χ0) is 13.6. The van der Waals surface area contributed by atoms with Crippen LogP contribution in [0.2, 0.25) is 19.6 Å². The van der Waals surface area contributed by atoms with E-state index >= 15 is 0 Å². The molecule has 1 fully saturated rings. The van der Waals surface area contributed by atoms with Crippen molar-refractivity contribution in [3.63, 3.8) is 0 Å². The van der Waals surface area contributed by atoms with Crippen LogP contribution in [-0.4, -0.2) is 44.5 Å². The zero-order valence-electron chi connectivity index (χ0n) is 11.4. The Balaban J connectivity index is 2.35. The molecule has 1 aliphatic heterocycles. The van der Waals surface area contributed by atoms with E-state index < -0.39 is 20.0 Å². The van der Waals surface area contributed by atoms with Gasteiger partial charge in [0.2, 0.25) is 0 Å². The highest BCUT2D eigenvalue weighted by Crippen LogP contribution is 2.09. The third-order valence-corrected chi connectivity index (χ3v) is 3.48. The quantitative estimate of drug-likeness (QED) is 0.312. The summed E-state index contributed by atoms with van der Waals surface area (Å²) in [6.45, 7) is 7.67. The van der Waals surface area contributed by atoms with E-state index in [1.165, 1.54) is 0 Å². The minimum atomic E-state index is -1.44. The molecule has 0 aromatic carbocycles. The van der Waals surface area contributed by atoms with E-state index in [-0.39, 0.29) is 6.61 Å². The summed E-state index contributed by atoms with van der Waals surface area (Å²) in [6.07, 6.45) is 3.06. The highest BCUT2D eigenvalue weighted by molar-refractivity contribution is 6.83. The lowest BCUT2D eigenvalue weighted by Crippen LogP contribution is -2.40. The summed E-state index contributed by atoms with van der Waals surface area (Å²) in [5.41, 5.74) is 3.08. The molecule has 0 aromatic rings. The standard InChI is InChI=1S/C13H21NO3Si/c1-18(2,3)11-7-10-17-13(16)12(15)14-8-5-4-6-9-14/h4-6,8-10H2,1-3H3. The van der Waals surface area contributed by atoms with Gasteiger partial charge in [-0.2, -0.15) is 0 Å². The maximum Gasteiger partial charge on any atom is 0.397 e. The van der Waals surface area contributed by atoms with Gasteiger partial charge in [0.25, 0.3) is 0 Å². The summed E-state index contributed by atoms with van der Waals surface area (Å²) in [5, 5.41) is 0. The summed E-state index contributed by atoms with van der Waals surface area (Å²) in [6, 6.07) is 0. The summed E-state index contributed by atoms with van der Waals surface area (Å²) < 4.78 is 4.87. The van der Waals surface area contributed by atoms with Crippen LogP contribution in [-0.2, 0) is 14.3 Å². The second-order valence-electron chi connectivity index (χ2n) is 5.48. The molecule has 0 saturated carbocycles. The first-order valence-corrected chi connectivity index (χ1v) is 9.86. The van der Waals surface area contributed by atoms with Gasteiger partial charge in [0, 0.05) is 13.1 Å². The molecule has 18 heavy (non-hydrogen) atoms. The monoisotopic (exact) mass is 267 g/mol. The van der Waals surface area contributed by atoms with Crippen molar-refractivity contribution in [1.82, 2.24) is 4.90 Å². The van der Waals surface area contributed by atoms with Crippen LogP contribution in [0.1, 0.15) is 19.3 Å². The summed E-state index contributed by atoms with van der Waals surface area (Å²) in [4.78, 5) is 24.8. The van der Waals surface area contributed by atoms with Gasteiger partial charge in [0.15, 0.2) is 6.61 Å². The van der Waals surface area contributed by atoms with Gasteiger partial charge in [-0.1, -0.05) is 25.6 Å². The predicted octanol–water partition coefficient (Wildman–Crippen LogP) is 1.42. The molecule has 0 atom stereocenters. The number of hydrogen-bond donors (Lipinski definition) is 0. The van der Waals surface area contributed by atoms with Gasteiger partial charge in [0.1, 0.15) is 8.07 Å². The van der Waals surface area contributed by atoms with E-state index in [0.717, 1.165) is 19.3 Å². The van der Waals surface area contributed by atoms with Crippen LogP contribution >= 0.6 is 0 Å². The molecule has 1 aliphatic rings. The molecule has 1 rings (SSSR count). The fraction of sp³-hybridized carbons (Fsp3) is 0.692. The molecule has 1 amide bonds. The number of ether oxygens (including phenoxy) is 1. The Hall–Kier alpha value is -1.28. The average molecular weight is 267 g/mol.